The summed E-state index contributed by atoms with van der Waals surface area (Å²) in [5.74, 6) is 0.785. The third-order valence-electron chi connectivity index (χ3n) is 2.50. The summed E-state index contributed by atoms with van der Waals surface area (Å²) < 4.78 is 10.4. The molecule has 2 rings (SSSR count). The molecule has 4 nitrogen and oxygen atoms in total. The van der Waals surface area contributed by atoms with E-state index in [1.165, 1.54) is 0 Å². The summed E-state index contributed by atoms with van der Waals surface area (Å²) >= 11 is 0. The number of hydrogen-bond donors (Lipinski definition) is 1. The number of nitrogens with zero attached hydrogens (tertiary/aromatic N) is 1. The maximum Gasteiger partial charge on any atom is 0.156 e. The topological polar surface area (TPSA) is 61.3 Å². The molecular formula is C9H14N2O2. The molecule has 0 radical (unpaired) electrons. The molecule has 0 amide bonds. The zero-order chi connectivity index (χ0) is 9.31. The number of aromatic nitrogens is 1. The maximum atomic E-state index is 6.18. The van der Waals surface area contributed by atoms with Crippen molar-refractivity contribution in [3.63, 3.8) is 0 Å². The fraction of sp³-hybridized carbons (Fsp3) is 0.667. The Kier molecular flexibility index (Phi) is 2.09. The van der Waals surface area contributed by atoms with Crippen LogP contribution in [-0.2, 0) is 10.3 Å². The summed E-state index contributed by atoms with van der Waals surface area (Å²) in [7, 11) is 0. The molecule has 2 heterocycles. The van der Waals surface area contributed by atoms with Gasteiger partial charge in [-0.25, -0.2) is 0 Å². The minimum Gasteiger partial charge on any atom is -0.381 e. The molecule has 0 saturated carbocycles. The first-order valence-electron chi connectivity index (χ1n) is 4.51. The summed E-state index contributed by atoms with van der Waals surface area (Å²) in [6.45, 7) is 3.31. The molecule has 2 N–H and O–H groups in total. The van der Waals surface area contributed by atoms with Crippen LogP contribution < -0.4 is 5.73 Å². The van der Waals surface area contributed by atoms with E-state index >= 15 is 0 Å². The van der Waals surface area contributed by atoms with Crippen molar-refractivity contribution >= 4 is 0 Å². The van der Waals surface area contributed by atoms with E-state index in [9.17, 15) is 0 Å². The monoisotopic (exact) mass is 182 g/mol. The first-order valence-corrected chi connectivity index (χ1v) is 4.51. The van der Waals surface area contributed by atoms with Crippen LogP contribution in [0.4, 0.5) is 0 Å². The SMILES string of the molecule is Cc1cc(C2(N)CCOCC2)on1. The van der Waals surface area contributed by atoms with E-state index in [2.05, 4.69) is 5.16 Å². The molecule has 0 aliphatic carbocycles. The zero-order valence-corrected chi connectivity index (χ0v) is 7.75. The van der Waals surface area contributed by atoms with Gasteiger partial charge in [-0.05, 0) is 19.8 Å². The Morgan fingerprint density at radius 1 is 1.46 bits per heavy atom. The molecule has 72 valence electrons. The highest BCUT2D eigenvalue weighted by Gasteiger charge is 2.33. The molecular weight excluding hydrogens is 168 g/mol. The average molecular weight is 182 g/mol. The van der Waals surface area contributed by atoms with Gasteiger partial charge in [-0.1, -0.05) is 5.16 Å². The number of ether oxygens (including phenoxy) is 1. The Labute approximate surface area is 77.0 Å². The van der Waals surface area contributed by atoms with Gasteiger partial charge in [0.1, 0.15) is 0 Å². The van der Waals surface area contributed by atoms with E-state index < -0.39 is 0 Å². The Balaban J connectivity index is 2.22. The molecule has 1 aliphatic rings. The summed E-state index contributed by atoms with van der Waals surface area (Å²) in [5.41, 5.74) is 6.70. The quantitative estimate of drug-likeness (QED) is 0.702. The lowest BCUT2D eigenvalue weighted by molar-refractivity contribution is 0.0421. The maximum absolute atomic E-state index is 6.18. The zero-order valence-electron chi connectivity index (χ0n) is 7.75. The van der Waals surface area contributed by atoms with E-state index in [4.69, 9.17) is 15.0 Å². The highest BCUT2D eigenvalue weighted by Crippen LogP contribution is 2.29. The Bertz CT molecular complexity index is 290. The van der Waals surface area contributed by atoms with Crippen molar-refractivity contribution in [2.75, 3.05) is 13.2 Å². The van der Waals surface area contributed by atoms with Crippen molar-refractivity contribution < 1.29 is 9.26 Å². The third-order valence-corrected chi connectivity index (χ3v) is 2.50. The molecule has 1 aromatic rings. The van der Waals surface area contributed by atoms with E-state index in [0.29, 0.717) is 13.2 Å². The second-order valence-electron chi connectivity index (χ2n) is 3.60. The summed E-state index contributed by atoms with van der Waals surface area (Å²) in [4.78, 5) is 0. The van der Waals surface area contributed by atoms with Gasteiger partial charge in [-0.3, -0.25) is 0 Å². The van der Waals surface area contributed by atoms with Crippen LogP contribution in [-0.4, -0.2) is 18.4 Å². The van der Waals surface area contributed by atoms with Crippen molar-refractivity contribution in [1.29, 1.82) is 0 Å². The van der Waals surface area contributed by atoms with E-state index in [-0.39, 0.29) is 5.54 Å². The van der Waals surface area contributed by atoms with Gasteiger partial charge in [-0.2, -0.15) is 0 Å². The Morgan fingerprint density at radius 3 is 2.69 bits per heavy atom. The Hall–Kier alpha value is -0.870. The molecule has 1 aromatic heterocycles. The number of rotatable bonds is 1. The second kappa shape index (κ2) is 3.12. The van der Waals surface area contributed by atoms with E-state index in [1.807, 2.05) is 13.0 Å². The molecule has 0 spiro atoms. The predicted molar refractivity (Wildman–Crippen MR) is 47.2 cm³/mol. The molecule has 1 fully saturated rings. The highest BCUT2D eigenvalue weighted by molar-refractivity contribution is 5.14. The van der Waals surface area contributed by atoms with Crippen LogP contribution in [0.1, 0.15) is 24.3 Å². The van der Waals surface area contributed by atoms with Gasteiger partial charge in [0, 0.05) is 19.3 Å². The van der Waals surface area contributed by atoms with Gasteiger partial charge in [0.2, 0.25) is 0 Å². The minimum absolute atomic E-state index is 0.362. The Morgan fingerprint density at radius 2 is 2.15 bits per heavy atom. The molecule has 1 aliphatic heterocycles. The normalized spacial score (nSPS) is 21.7. The largest absolute Gasteiger partial charge is 0.381 e. The molecule has 0 atom stereocenters. The summed E-state index contributed by atoms with van der Waals surface area (Å²) in [6.07, 6.45) is 1.61. The number of aryl methyl sites for hydroxylation is 1. The van der Waals surface area contributed by atoms with Crippen molar-refractivity contribution in [3.05, 3.63) is 17.5 Å². The first kappa shape index (κ1) is 8.72. The first-order chi connectivity index (χ1) is 6.21. The van der Waals surface area contributed by atoms with Gasteiger partial charge in [0.15, 0.2) is 5.76 Å². The van der Waals surface area contributed by atoms with Crippen molar-refractivity contribution in [3.8, 4) is 0 Å². The molecule has 0 bridgehead atoms. The van der Waals surface area contributed by atoms with Crippen molar-refractivity contribution in [2.45, 2.75) is 25.3 Å². The van der Waals surface area contributed by atoms with Crippen LogP contribution >= 0.6 is 0 Å². The standard InChI is InChI=1S/C9H14N2O2/c1-7-6-8(13-11-7)9(10)2-4-12-5-3-9/h6H,2-5,10H2,1H3. The lowest BCUT2D eigenvalue weighted by atomic mass is 9.88. The molecule has 4 heteroatoms. The van der Waals surface area contributed by atoms with Crippen LogP contribution in [0.15, 0.2) is 10.6 Å². The molecule has 0 unspecified atom stereocenters. The lowest BCUT2D eigenvalue weighted by Gasteiger charge is -2.30. The van der Waals surface area contributed by atoms with Crippen LogP contribution in [0.5, 0.6) is 0 Å². The van der Waals surface area contributed by atoms with Gasteiger partial charge in [0.05, 0.1) is 11.2 Å². The second-order valence-corrected chi connectivity index (χ2v) is 3.60. The predicted octanol–water partition coefficient (Wildman–Crippen LogP) is 0.947. The van der Waals surface area contributed by atoms with Gasteiger partial charge < -0.3 is 15.0 Å². The van der Waals surface area contributed by atoms with Crippen LogP contribution in [0.3, 0.4) is 0 Å². The van der Waals surface area contributed by atoms with Crippen LogP contribution in [0, 0.1) is 6.92 Å². The average Bonchev–Trinajstić information content (AvgIpc) is 2.54. The number of hydrogen-bond acceptors (Lipinski definition) is 4. The fourth-order valence-corrected chi connectivity index (χ4v) is 1.58. The lowest BCUT2D eigenvalue weighted by Crippen LogP contribution is -2.41. The van der Waals surface area contributed by atoms with Gasteiger partial charge in [-0.15, -0.1) is 0 Å². The summed E-state index contributed by atoms with van der Waals surface area (Å²) in [6, 6.07) is 1.91. The number of nitrogens with two attached hydrogens (primary N) is 1. The van der Waals surface area contributed by atoms with Crippen LogP contribution in [0.2, 0.25) is 0 Å². The van der Waals surface area contributed by atoms with Crippen LogP contribution in [0.25, 0.3) is 0 Å². The summed E-state index contributed by atoms with van der Waals surface area (Å²) in [5, 5.41) is 3.84. The molecule has 0 aromatic carbocycles. The van der Waals surface area contributed by atoms with Gasteiger partial charge in [0.25, 0.3) is 0 Å². The smallest absolute Gasteiger partial charge is 0.156 e. The molecule has 13 heavy (non-hydrogen) atoms. The molecule has 1 saturated heterocycles. The van der Waals surface area contributed by atoms with E-state index in [0.717, 1.165) is 24.3 Å². The minimum atomic E-state index is -0.362. The fourth-order valence-electron chi connectivity index (χ4n) is 1.58. The van der Waals surface area contributed by atoms with Crippen molar-refractivity contribution in [1.82, 2.24) is 5.16 Å². The van der Waals surface area contributed by atoms with Gasteiger partial charge >= 0.3 is 0 Å². The third kappa shape index (κ3) is 1.59. The highest BCUT2D eigenvalue weighted by atomic mass is 16.5. The van der Waals surface area contributed by atoms with E-state index in [1.54, 1.807) is 0 Å². The van der Waals surface area contributed by atoms with Crippen molar-refractivity contribution in [2.24, 2.45) is 5.73 Å².